The molecule has 1 N–H and O–H groups in total. The number of benzene rings is 2. The Morgan fingerprint density at radius 3 is 2.56 bits per heavy atom. The van der Waals surface area contributed by atoms with Gasteiger partial charge in [0.25, 0.3) is 5.56 Å². The van der Waals surface area contributed by atoms with E-state index < -0.39 is 0 Å². The number of amides is 2. The number of fused-ring (bicyclic) bond motifs is 3. The van der Waals surface area contributed by atoms with E-state index in [1.54, 1.807) is 16.4 Å². The maximum Gasteiger partial charge on any atom is 0.267 e. The molecule has 3 heterocycles. The highest BCUT2D eigenvalue weighted by molar-refractivity contribution is 7.99. The molecule has 2 aromatic carbocycles. The number of hydrogen-bond donors (Lipinski definition) is 1. The Morgan fingerprint density at radius 2 is 1.86 bits per heavy atom. The standard InChI is InChI=1S/C27H26N4O3S2/c1-3-18-9-11-19(12-10-18)28-23(33)16-35-27-29-25-24(26(34)31(27)20-7-5-4-6-8-20)21-13-14-30(17(2)32)15-22(21)36-25/h4-12H,3,13-16H2,1-2H3,(H,28,33). The molecule has 184 valence electrons. The van der Waals surface area contributed by atoms with Crippen molar-refractivity contribution in [1.29, 1.82) is 0 Å². The van der Waals surface area contributed by atoms with Gasteiger partial charge in [0, 0.05) is 24.0 Å². The van der Waals surface area contributed by atoms with Crippen LogP contribution in [0.5, 0.6) is 0 Å². The van der Waals surface area contributed by atoms with Gasteiger partial charge in [-0.15, -0.1) is 11.3 Å². The number of nitrogens with zero attached hydrogens (tertiary/aromatic N) is 3. The Morgan fingerprint density at radius 1 is 1.11 bits per heavy atom. The molecule has 0 saturated heterocycles. The van der Waals surface area contributed by atoms with E-state index in [9.17, 15) is 14.4 Å². The summed E-state index contributed by atoms with van der Waals surface area (Å²) in [5.41, 5.74) is 3.49. The quantitative estimate of drug-likeness (QED) is 0.297. The molecule has 5 rings (SSSR count). The molecule has 0 aliphatic carbocycles. The van der Waals surface area contributed by atoms with E-state index in [-0.39, 0.29) is 23.1 Å². The van der Waals surface area contributed by atoms with Crippen LogP contribution < -0.4 is 10.9 Å². The zero-order valence-corrected chi connectivity index (χ0v) is 21.7. The Hall–Kier alpha value is -3.43. The van der Waals surface area contributed by atoms with Crippen LogP contribution in [0.2, 0.25) is 0 Å². The minimum absolute atomic E-state index is 0.0272. The summed E-state index contributed by atoms with van der Waals surface area (Å²) in [6.07, 6.45) is 1.57. The summed E-state index contributed by atoms with van der Waals surface area (Å²) in [7, 11) is 0. The predicted molar refractivity (Wildman–Crippen MR) is 145 cm³/mol. The number of carbonyl (C=O) groups is 2. The Bertz CT molecular complexity index is 1490. The van der Waals surface area contributed by atoms with Crippen molar-refractivity contribution in [2.45, 2.75) is 38.4 Å². The summed E-state index contributed by atoms with van der Waals surface area (Å²) in [4.78, 5) is 46.7. The van der Waals surface area contributed by atoms with Gasteiger partial charge < -0.3 is 10.2 Å². The lowest BCUT2D eigenvalue weighted by Gasteiger charge is -2.25. The first-order valence-electron chi connectivity index (χ1n) is 11.8. The second kappa shape index (κ2) is 10.3. The maximum atomic E-state index is 13.8. The van der Waals surface area contributed by atoms with Gasteiger partial charge in [-0.05, 0) is 48.2 Å². The monoisotopic (exact) mass is 518 g/mol. The first-order chi connectivity index (χ1) is 17.4. The molecule has 0 saturated carbocycles. The number of thioether (sulfide) groups is 1. The molecule has 1 aliphatic heterocycles. The van der Waals surface area contributed by atoms with Gasteiger partial charge in [0.05, 0.1) is 23.4 Å². The second-order valence-electron chi connectivity index (χ2n) is 8.63. The number of carbonyl (C=O) groups excluding carboxylic acids is 2. The van der Waals surface area contributed by atoms with Crippen molar-refractivity contribution >= 4 is 50.8 Å². The summed E-state index contributed by atoms with van der Waals surface area (Å²) >= 11 is 2.70. The predicted octanol–water partition coefficient (Wildman–Crippen LogP) is 4.65. The average Bonchev–Trinajstić information content (AvgIpc) is 3.26. The molecule has 0 unspecified atom stereocenters. The number of thiophene rings is 1. The van der Waals surface area contributed by atoms with Crippen LogP contribution in [-0.2, 0) is 29.0 Å². The van der Waals surface area contributed by atoms with E-state index in [1.165, 1.54) is 28.7 Å². The lowest BCUT2D eigenvalue weighted by Crippen LogP contribution is -2.34. The number of aryl methyl sites for hydroxylation is 1. The SMILES string of the molecule is CCc1ccc(NC(=O)CSc2nc3sc4c(c3c(=O)n2-c2ccccc2)CCN(C(C)=O)C4)cc1. The summed E-state index contributed by atoms with van der Waals surface area (Å²) in [6, 6.07) is 17.2. The summed E-state index contributed by atoms with van der Waals surface area (Å²) in [6.45, 7) is 4.74. The van der Waals surface area contributed by atoms with E-state index in [4.69, 9.17) is 4.98 Å². The number of para-hydroxylation sites is 1. The highest BCUT2D eigenvalue weighted by Gasteiger charge is 2.26. The molecule has 9 heteroatoms. The van der Waals surface area contributed by atoms with Crippen LogP contribution in [0.25, 0.3) is 15.9 Å². The van der Waals surface area contributed by atoms with Crippen molar-refractivity contribution in [3.05, 3.63) is 81.0 Å². The minimum Gasteiger partial charge on any atom is -0.337 e. The first-order valence-corrected chi connectivity index (χ1v) is 13.6. The molecule has 0 radical (unpaired) electrons. The number of hydrogen-bond acceptors (Lipinski definition) is 6. The van der Waals surface area contributed by atoms with Gasteiger partial charge in [-0.25, -0.2) is 4.98 Å². The number of anilines is 1. The lowest BCUT2D eigenvalue weighted by molar-refractivity contribution is -0.129. The van der Waals surface area contributed by atoms with Crippen LogP contribution >= 0.6 is 23.1 Å². The third kappa shape index (κ3) is 4.81. The van der Waals surface area contributed by atoms with Crippen molar-refractivity contribution in [3.63, 3.8) is 0 Å². The van der Waals surface area contributed by atoms with Crippen molar-refractivity contribution in [2.75, 3.05) is 17.6 Å². The van der Waals surface area contributed by atoms with Gasteiger partial charge in [0.1, 0.15) is 4.83 Å². The van der Waals surface area contributed by atoms with Crippen LogP contribution in [-0.4, -0.2) is 38.6 Å². The van der Waals surface area contributed by atoms with E-state index in [0.29, 0.717) is 40.6 Å². The van der Waals surface area contributed by atoms with Gasteiger partial charge in [-0.3, -0.25) is 19.0 Å². The van der Waals surface area contributed by atoms with Crippen LogP contribution in [0.1, 0.15) is 29.9 Å². The van der Waals surface area contributed by atoms with Crippen molar-refractivity contribution in [2.24, 2.45) is 0 Å². The first kappa shape index (κ1) is 24.3. The van der Waals surface area contributed by atoms with Crippen molar-refractivity contribution in [1.82, 2.24) is 14.5 Å². The Balaban J connectivity index is 1.48. The molecule has 0 fully saturated rings. The van der Waals surface area contributed by atoms with Gasteiger partial charge in [0.2, 0.25) is 11.8 Å². The largest absolute Gasteiger partial charge is 0.337 e. The second-order valence-corrected chi connectivity index (χ2v) is 10.7. The summed E-state index contributed by atoms with van der Waals surface area (Å²) in [5, 5.41) is 4.01. The Kier molecular flexibility index (Phi) is 6.93. The van der Waals surface area contributed by atoms with Crippen LogP contribution in [0, 0.1) is 0 Å². The third-order valence-corrected chi connectivity index (χ3v) is 8.33. The number of nitrogens with one attached hydrogen (secondary N) is 1. The Labute approximate surface area is 217 Å². The topological polar surface area (TPSA) is 84.3 Å². The van der Waals surface area contributed by atoms with Crippen LogP contribution in [0.3, 0.4) is 0 Å². The van der Waals surface area contributed by atoms with Crippen LogP contribution in [0.15, 0.2) is 64.5 Å². The van der Waals surface area contributed by atoms with E-state index >= 15 is 0 Å². The molecule has 1 aliphatic rings. The molecule has 0 bridgehead atoms. The van der Waals surface area contributed by atoms with Crippen molar-refractivity contribution < 1.29 is 9.59 Å². The zero-order valence-electron chi connectivity index (χ0n) is 20.1. The van der Waals surface area contributed by atoms with Gasteiger partial charge >= 0.3 is 0 Å². The van der Waals surface area contributed by atoms with E-state index in [1.807, 2.05) is 54.6 Å². The van der Waals surface area contributed by atoms with E-state index in [0.717, 1.165) is 22.5 Å². The van der Waals surface area contributed by atoms with E-state index in [2.05, 4.69) is 12.2 Å². The molecule has 36 heavy (non-hydrogen) atoms. The fourth-order valence-corrected chi connectivity index (χ4v) is 6.43. The molecule has 0 atom stereocenters. The smallest absolute Gasteiger partial charge is 0.267 e. The number of aromatic nitrogens is 2. The fraction of sp³-hybridized carbons (Fsp3) is 0.259. The molecule has 0 spiro atoms. The molecular weight excluding hydrogens is 492 g/mol. The van der Waals surface area contributed by atoms with Gasteiger partial charge in [-0.1, -0.05) is 49.0 Å². The minimum atomic E-state index is -0.166. The summed E-state index contributed by atoms with van der Waals surface area (Å²) < 4.78 is 1.60. The molecular formula is C27H26N4O3S2. The lowest BCUT2D eigenvalue weighted by atomic mass is 10.1. The molecule has 2 aromatic heterocycles. The van der Waals surface area contributed by atoms with Gasteiger partial charge in [0.15, 0.2) is 5.16 Å². The van der Waals surface area contributed by atoms with Crippen LogP contribution in [0.4, 0.5) is 5.69 Å². The molecule has 4 aromatic rings. The van der Waals surface area contributed by atoms with Crippen molar-refractivity contribution in [3.8, 4) is 5.69 Å². The van der Waals surface area contributed by atoms with Gasteiger partial charge in [-0.2, -0.15) is 0 Å². The summed E-state index contributed by atoms with van der Waals surface area (Å²) in [5.74, 6) is -0.0242. The number of rotatable bonds is 6. The molecule has 2 amide bonds. The average molecular weight is 519 g/mol. The highest BCUT2D eigenvalue weighted by Crippen LogP contribution is 2.34. The highest BCUT2D eigenvalue weighted by atomic mass is 32.2. The fourth-order valence-electron chi connectivity index (χ4n) is 4.35. The third-order valence-electron chi connectivity index (χ3n) is 6.28. The molecule has 7 nitrogen and oxygen atoms in total. The maximum absolute atomic E-state index is 13.8. The normalized spacial score (nSPS) is 13.0. The zero-order chi connectivity index (χ0) is 25.2.